The molecule has 8 heteroatoms. The van der Waals surface area contributed by atoms with Crippen LogP contribution in [0.3, 0.4) is 0 Å². The van der Waals surface area contributed by atoms with Crippen molar-refractivity contribution in [2.75, 3.05) is 5.73 Å². The Bertz CT molecular complexity index is 691. The van der Waals surface area contributed by atoms with Crippen LogP contribution in [0, 0.1) is 0 Å². The van der Waals surface area contributed by atoms with Gasteiger partial charge >= 0.3 is 6.18 Å². The van der Waals surface area contributed by atoms with Gasteiger partial charge in [-0.25, -0.2) is 0 Å². The van der Waals surface area contributed by atoms with E-state index < -0.39 is 17.6 Å². The Morgan fingerprint density at radius 3 is 2.70 bits per heavy atom. The lowest BCUT2D eigenvalue weighted by Gasteiger charge is -2.20. The summed E-state index contributed by atoms with van der Waals surface area (Å²) in [5.74, 6) is -0.791. The Morgan fingerprint density at radius 2 is 2.15 bits per heavy atom. The third-order valence-corrected chi connectivity index (χ3v) is 4.49. The third-order valence-electron chi connectivity index (χ3n) is 3.33. The van der Waals surface area contributed by atoms with Crippen molar-refractivity contribution >= 4 is 33.1 Å². The molecule has 0 bridgehead atoms. The number of nitrogens with two attached hydrogens (primary N) is 1. The predicted molar refractivity (Wildman–Crippen MR) is 69.5 cm³/mol. The van der Waals surface area contributed by atoms with Crippen molar-refractivity contribution in [3.05, 3.63) is 23.2 Å². The number of amides is 1. The molecule has 0 saturated heterocycles. The molecule has 4 nitrogen and oxygen atoms in total. The van der Waals surface area contributed by atoms with Crippen molar-refractivity contribution in [1.29, 1.82) is 0 Å². The molecule has 3 rings (SSSR count). The van der Waals surface area contributed by atoms with Crippen LogP contribution >= 0.6 is 11.3 Å². The van der Waals surface area contributed by atoms with Gasteiger partial charge < -0.3 is 11.1 Å². The first-order valence-electron chi connectivity index (χ1n) is 5.86. The third kappa shape index (κ3) is 1.91. The van der Waals surface area contributed by atoms with Gasteiger partial charge in [0, 0.05) is 6.20 Å². The van der Waals surface area contributed by atoms with Gasteiger partial charge in [-0.15, -0.1) is 11.3 Å². The quantitative estimate of drug-likeness (QED) is 0.896. The first-order chi connectivity index (χ1) is 9.34. The van der Waals surface area contributed by atoms with E-state index >= 15 is 0 Å². The fourth-order valence-electron chi connectivity index (χ4n) is 1.99. The number of hydrogen-bond acceptors (Lipinski definition) is 4. The monoisotopic (exact) mass is 301 g/mol. The molecule has 2 aromatic heterocycles. The molecule has 1 aliphatic rings. The maximum atomic E-state index is 12.8. The van der Waals surface area contributed by atoms with E-state index in [4.69, 9.17) is 5.73 Å². The average Bonchev–Trinajstić information content (AvgIpc) is 3.09. The molecule has 0 aliphatic heterocycles. The van der Waals surface area contributed by atoms with Gasteiger partial charge in [-0.05, 0) is 25.0 Å². The van der Waals surface area contributed by atoms with Gasteiger partial charge in [0.25, 0.3) is 5.91 Å². The maximum absolute atomic E-state index is 12.8. The summed E-state index contributed by atoms with van der Waals surface area (Å²) in [6, 6.07) is 3.40. The zero-order valence-corrected chi connectivity index (χ0v) is 10.9. The highest BCUT2D eigenvalue weighted by Gasteiger charge is 2.64. The molecule has 0 unspecified atom stereocenters. The van der Waals surface area contributed by atoms with Crippen molar-refractivity contribution in [3.63, 3.8) is 0 Å². The number of alkyl halides is 3. The number of nitrogens with zero attached hydrogens (tertiary/aromatic N) is 1. The van der Waals surface area contributed by atoms with Gasteiger partial charge in [0.2, 0.25) is 0 Å². The molecule has 0 radical (unpaired) electrons. The Labute approximate surface area is 115 Å². The number of carbonyl (C=O) groups excluding carboxylic acids is 1. The van der Waals surface area contributed by atoms with Gasteiger partial charge in [-0.1, -0.05) is 0 Å². The molecule has 2 aromatic rings. The number of nitrogen functional groups attached to an aromatic ring is 1. The van der Waals surface area contributed by atoms with Crippen LogP contribution < -0.4 is 11.1 Å². The lowest BCUT2D eigenvalue weighted by atomic mass is 10.2. The van der Waals surface area contributed by atoms with Crippen molar-refractivity contribution in [2.24, 2.45) is 0 Å². The van der Waals surface area contributed by atoms with Crippen molar-refractivity contribution in [1.82, 2.24) is 10.3 Å². The van der Waals surface area contributed by atoms with Crippen LogP contribution in [0.25, 0.3) is 10.2 Å². The first kappa shape index (κ1) is 13.2. The second-order valence-corrected chi connectivity index (χ2v) is 5.78. The van der Waals surface area contributed by atoms with Crippen molar-refractivity contribution in [3.8, 4) is 0 Å². The Balaban J connectivity index is 1.92. The van der Waals surface area contributed by atoms with Crippen LogP contribution in [0.1, 0.15) is 22.5 Å². The molecule has 3 N–H and O–H groups in total. The Kier molecular flexibility index (Phi) is 2.69. The topological polar surface area (TPSA) is 68.0 Å². The number of carbonyl (C=O) groups is 1. The summed E-state index contributed by atoms with van der Waals surface area (Å²) in [5, 5.41) is 2.06. The zero-order chi connectivity index (χ0) is 14.5. The van der Waals surface area contributed by atoms with Crippen molar-refractivity contribution < 1.29 is 18.0 Å². The minimum atomic E-state index is -4.44. The number of thiophene rings is 1. The molecule has 1 aliphatic carbocycles. The van der Waals surface area contributed by atoms with Crippen LogP contribution in [-0.2, 0) is 0 Å². The highest BCUT2D eigenvalue weighted by molar-refractivity contribution is 7.21. The predicted octanol–water partition coefficient (Wildman–Crippen LogP) is 2.70. The van der Waals surface area contributed by atoms with Crippen molar-refractivity contribution in [2.45, 2.75) is 24.6 Å². The molecule has 0 aromatic carbocycles. The summed E-state index contributed by atoms with van der Waals surface area (Å²) in [5.41, 5.74) is 4.28. The van der Waals surface area contributed by atoms with Crippen LogP contribution in [0.5, 0.6) is 0 Å². The minimum Gasteiger partial charge on any atom is -0.396 e. The summed E-state index contributed by atoms with van der Waals surface area (Å²) >= 11 is 1.04. The normalized spacial score (nSPS) is 17.1. The summed E-state index contributed by atoms with van der Waals surface area (Å²) in [6.07, 6.45) is -3.10. The van der Waals surface area contributed by atoms with E-state index in [1.807, 2.05) is 0 Å². The molecule has 1 saturated carbocycles. The molecule has 0 atom stereocenters. The highest BCUT2D eigenvalue weighted by atomic mass is 32.1. The molecular formula is C12H10F3N3OS. The number of aromatic nitrogens is 1. The van der Waals surface area contributed by atoms with Gasteiger partial charge in [0.15, 0.2) is 0 Å². The van der Waals surface area contributed by atoms with E-state index in [0.29, 0.717) is 10.2 Å². The summed E-state index contributed by atoms with van der Waals surface area (Å²) in [6.45, 7) is 0. The lowest BCUT2D eigenvalue weighted by Crippen LogP contribution is -2.47. The SMILES string of the molecule is Nc1c(C(=O)NC2(C(F)(F)F)CC2)sc2cccnc12. The fourth-order valence-corrected chi connectivity index (χ4v) is 2.97. The standard InChI is InChI=1S/C12H10F3N3OS/c13-12(14,15)11(3-4-11)18-10(19)9-7(16)8-6(20-9)2-1-5-17-8/h1-2,5H,3-4,16H2,(H,18,19). The first-order valence-corrected chi connectivity index (χ1v) is 6.68. The maximum Gasteiger partial charge on any atom is 0.411 e. The zero-order valence-electron chi connectivity index (χ0n) is 10.1. The minimum absolute atomic E-state index is 0.0780. The van der Waals surface area contributed by atoms with Crippen LogP contribution in [-0.4, -0.2) is 22.6 Å². The number of nitrogens with one attached hydrogen (secondary N) is 1. The van der Waals surface area contributed by atoms with E-state index in [-0.39, 0.29) is 23.4 Å². The van der Waals surface area contributed by atoms with Gasteiger partial charge in [0.1, 0.15) is 15.9 Å². The molecule has 20 heavy (non-hydrogen) atoms. The number of fused-ring (bicyclic) bond motifs is 1. The summed E-state index contributed by atoms with van der Waals surface area (Å²) in [7, 11) is 0. The summed E-state index contributed by atoms with van der Waals surface area (Å²) in [4.78, 5) is 16.1. The van der Waals surface area contributed by atoms with E-state index in [0.717, 1.165) is 11.3 Å². The lowest BCUT2D eigenvalue weighted by molar-refractivity contribution is -0.163. The molecule has 106 valence electrons. The average molecular weight is 301 g/mol. The second-order valence-electron chi connectivity index (χ2n) is 4.73. The number of rotatable bonds is 2. The smallest absolute Gasteiger partial charge is 0.396 e. The number of pyridine rings is 1. The fraction of sp³-hybridized carbons (Fsp3) is 0.333. The molecule has 2 heterocycles. The molecule has 1 fully saturated rings. The van der Waals surface area contributed by atoms with E-state index in [1.54, 1.807) is 12.1 Å². The number of anilines is 1. The number of halogens is 3. The molecule has 0 spiro atoms. The summed E-state index contributed by atoms with van der Waals surface area (Å²) < 4.78 is 39.1. The van der Waals surface area contributed by atoms with Gasteiger partial charge in [-0.3, -0.25) is 9.78 Å². The Hall–Kier alpha value is -1.83. The van der Waals surface area contributed by atoms with E-state index in [2.05, 4.69) is 10.3 Å². The van der Waals surface area contributed by atoms with E-state index in [9.17, 15) is 18.0 Å². The van der Waals surface area contributed by atoms with Gasteiger partial charge in [-0.2, -0.15) is 13.2 Å². The molecular weight excluding hydrogens is 291 g/mol. The van der Waals surface area contributed by atoms with Crippen LogP contribution in [0.4, 0.5) is 18.9 Å². The van der Waals surface area contributed by atoms with Gasteiger partial charge in [0.05, 0.1) is 10.4 Å². The van der Waals surface area contributed by atoms with Crippen LogP contribution in [0.15, 0.2) is 18.3 Å². The second kappa shape index (κ2) is 4.08. The Morgan fingerprint density at radius 1 is 1.45 bits per heavy atom. The largest absolute Gasteiger partial charge is 0.411 e. The highest BCUT2D eigenvalue weighted by Crippen LogP contribution is 2.49. The number of hydrogen-bond donors (Lipinski definition) is 2. The molecule has 1 amide bonds. The van der Waals surface area contributed by atoms with E-state index in [1.165, 1.54) is 6.20 Å². The van der Waals surface area contributed by atoms with Crippen LogP contribution in [0.2, 0.25) is 0 Å².